The molecule has 0 fully saturated rings. The van der Waals surface area contributed by atoms with E-state index in [1.807, 2.05) is 37.3 Å². The molecule has 1 aromatic rings. The first kappa shape index (κ1) is 14.8. The summed E-state index contributed by atoms with van der Waals surface area (Å²) in [5.74, 6) is -2.31. The van der Waals surface area contributed by atoms with Crippen molar-refractivity contribution in [3.8, 4) is 0 Å². The van der Waals surface area contributed by atoms with Crippen LogP contribution in [0, 0.1) is 18.8 Å². The van der Waals surface area contributed by atoms with Crippen molar-refractivity contribution in [3.63, 3.8) is 0 Å². The molecule has 0 unspecified atom stereocenters. The summed E-state index contributed by atoms with van der Waals surface area (Å²) in [6.45, 7) is 1.90. The van der Waals surface area contributed by atoms with Crippen LogP contribution in [-0.4, -0.2) is 17.0 Å². The predicted octanol–water partition coefficient (Wildman–Crippen LogP) is 3.36. The van der Waals surface area contributed by atoms with E-state index in [0.717, 1.165) is 10.0 Å². The number of carbonyl (C=O) groups is 2. The Balaban J connectivity index is 2.16. The summed E-state index contributed by atoms with van der Waals surface area (Å²) in [6.07, 6.45) is 4.57. The maximum Gasteiger partial charge on any atom is 0.307 e. The summed E-state index contributed by atoms with van der Waals surface area (Å²) in [5.41, 5.74) is 1.66. The average molecular weight is 338 g/mol. The highest BCUT2D eigenvalue weighted by Gasteiger charge is 2.34. The lowest BCUT2D eigenvalue weighted by atomic mass is 9.82. The highest BCUT2D eigenvalue weighted by molar-refractivity contribution is 9.10. The molecule has 2 N–H and O–H groups in total. The number of aryl methyl sites for hydroxylation is 1. The molecule has 5 heteroatoms. The molecule has 4 nitrogen and oxygen atoms in total. The van der Waals surface area contributed by atoms with Gasteiger partial charge in [-0.25, -0.2) is 0 Å². The Morgan fingerprint density at radius 1 is 1.25 bits per heavy atom. The molecule has 0 aromatic heterocycles. The van der Waals surface area contributed by atoms with Gasteiger partial charge in [0, 0.05) is 10.2 Å². The van der Waals surface area contributed by atoms with Gasteiger partial charge in [0.25, 0.3) is 0 Å². The second-order valence-electron chi connectivity index (χ2n) is 4.94. The lowest BCUT2D eigenvalue weighted by Gasteiger charge is -2.24. The Hall–Kier alpha value is -1.62. The number of halogens is 1. The third-order valence-corrected chi connectivity index (χ3v) is 4.04. The van der Waals surface area contributed by atoms with E-state index >= 15 is 0 Å². The molecule has 0 spiro atoms. The molecule has 0 aliphatic heterocycles. The normalized spacial score (nSPS) is 21.5. The standard InChI is InChI=1S/C15H16BrNO3/c1-9-6-7-10(16)8-13(9)17-14(18)11-4-2-3-5-12(11)15(19)20/h2-3,6-8,11-12H,4-5H2,1H3,(H,17,18)(H,19,20)/t11-,12+/m1/s1. The van der Waals surface area contributed by atoms with Crippen LogP contribution in [0.1, 0.15) is 18.4 Å². The number of hydrogen-bond donors (Lipinski definition) is 2. The average Bonchev–Trinajstić information content (AvgIpc) is 2.42. The fourth-order valence-corrected chi connectivity index (χ4v) is 2.69. The number of hydrogen-bond acceptors (Lipinski definition) is 2. The highest BCUT2D eigenvalue weighted by atomic mass is 79.9. The lowest BCUT2D eigenvalue weighted by molar-refractivity contribution is -0.146. The van der Waals surface area contributed by atoms with E-state index in [1.54, 1.807) is 0 Å². The Morgan fingerprint density at radius 2 is 1.90 bits per heavy atom. The van der Waals surface area contributed by atoms with E-state index in [-0.39, 0.29) is 5.91 Å². The molecule has 1 aliphatic rings. The summed E-state index contributed by atoms with van der Waals surface area (Å²) in [4.78, 5) is 23.5. The van der Waals surface area contributed by atoms with Crippen LogP contribution < -0.4 is 5.32 Å². The second kappa shape index (κ2) is 6.22. The summed E-state index contributed by atoms with van der Waals surface area (Å²) in [7, 11) is 0. The molecule has 0 saturated heterocycles. The minimum absolute atomic E-state index is 0.233. The maximum absolute atomic E-state index is 12.3. The van der Waals surface area contributed by atoms with Crippen LogP contribution in [0.5, 0.6) is 0 Å². The number of allylic oxidation sites excluding steroid dienone is 2. The van der Waals surface area contributed by atoms with Crippen LogP contribution in [0.2, 0.25) is 0 Å². The Labute approximate surface area is 126 Å². The number of aliphatic carboxylic acids is 1. The number of benzene rings is 1. The van der Waals surface area contributed by atoms with E-state index in [1.165, 1.54) is 0 Å². The van der Waals surface area contributed by atoms with E-state index in [0.29, 0.717) is 18.5 Å². The van der Waals surface area contributed by atoms with Gasteiger partial charge in [-0.05, 0) is 37.5 Å². The van der Waals surface area contributed by atoms with Gasteiger partial charge in [0.05, 0.1) is 11.8 Å². The summed E-state index contributed by atoms with van der Waals surface area (Å²) in [6, 6.07) is 5.62. The number of nitrogens with one attached hydrogen (secondary N) is 1. The number of amides is 1. The lowest BCUT2D eigenvalue weighted by Crippen LogP contribution is -2.34. The molecule has 0 heterocycles. The van der Waals surface area contributed by atoms with Gasteiger partial charge in [0.2, 0.25) is 5.91 Å². The van der Waals surface area contributed by atoms with Gasteiger partial charge < -0.3 is 10.4 Å². The van der Waals surface area contributed by atoms with Crippen LogP contribution in [0.4, 0.5) is 5.69 Å². The van der Waals surface area contributed by atoms with Gasteiger partial charge >= 0.3 is 5.97 Å². The number of carboxylic acid groups (broad SMARTS) is 1. The number of anilines is 1. The maximum atomic E-state index is 12.3. The van der Waals surface area contributed by atoms with Crippen molar-refractivity contribution in [3.05, 3.63) is 40.4 Å². The quantitative estimate of drug-likeness (QED) is 0.831. The molecular formula is C15H16BrNO3. The van der Waals surface area contributed by atoms with E-state index < -0.39 is 17.8 Å². The van der Waals surface area contributed by atoms with Gasteiger partial charge in [-0.3, -0.25) is 9.59 Å². The Bertz CT molecular complexity index is 568. The van der Waals surface area contributed by atoms with Gasteiger partial charge in [-0.1, -0.05) is 34.1 Å². The topological polar surface area (TPSA) is 66.4 Å². The smallest absolute Gasteiger partial charge is 0.307 e. The van der Waals surface area contributed by atoms with Crippen molar-refractivity contribution in [2.75, 3.05) is 5.32 Å². The number of carbonyl (C=O) groups excluding carboxylic acids is 1. The summed E-state index contributed by atoms with van der Waals surface area (Å²) >= 11 is 3.36. The van der Waals surface area contributed by atoms with Gasteiger partial charge in [-0.2, -0.15) is 0 Å². The summed E-state index contributed by atoms with van der Waals surface area (Å²) in [5, 5.41) is 12.0. The van der Waals surface area contributed by atoms with E-state index in [2.05, 4.69) is 21.2 Å². The molecule has 2 rings (SSSR count). The first-order valence-electron chi connectivity index (χ1n) is 6.44. The third kappa shape index (κ3) is 3.28. The Morgan fingerprint density at radius 3 is 2.55 bits per heavy atom. The largest absolute Gasteiger partial charge is 0.481 e. The van der Waals surface area contributed by atoms with Crippen LogP contribution >= 0.6 is 15.9 Å². The molecule has 0 saturated carbocycles. The SMILES string of the molecule is Cc1ccc(Br)cc1NC(=O)[C@@H]1CC=CC[C@@H]1C(=O)O. The van der Waals surface area contributed by atoms with Crippen molar-refractivity contribution < 1.29 is 14.7 Å². The number of carboxylic acids is 1. The van der Waals surface area contributed by atoms with Crippen LogP contribution in [-0.2, 0) is 9.59 Å². The van der Waals surface area contributed by atoms with Crippen LogP contribution in [0.3, 0.4) is 0 Å². The molecule has 1 aliphatic carbocycles. The van der Waals surface area contributed by atoms with Crippen LogP contribution in [0.15, 0.2) is 34.8 Å². The Kier molecular flexibility index (Phi) is 4.60. The van der Waals surface area contributed by atoms with Gasteiger partial charge in [-0.15, -0.1) is 0 Å². The van der Waals surface area contributed by atoms with Crippen molar-refractivity contribution in [1.82, 2.24) is 0 Å². The zero-order chi connectivity index (χ0) is 14.7. The van der Waals surface area contributed by atoms with E-state index in [9.17, 15) is 14.7 Å². The highest BCUT2D eigenvalue weighted by Crippen LogP contribution is 2.28. The molecular weight excluding hydrogens is 322 g/mol. The molecule has 1 aromatic carbocycles. The van der Waals surface area contributed by atoms with Crippen molar-refractivity contribution in [2.24, 2.45) is 11.8 Å². The zero-order valence-corrected chi connectivity index (χ0v) is 12.7. The monoisotopic (exact) mass is 337 g/mol. The fraction of sp³-hybridized carbons (Fsp3) is 0.333. The molecule has 20 heavy (non-hydrogen) atoms. The van der Waals surface area contributed by atoms with Crippen molar-refractivity contribution in [2.45, 2.75) is 19.8 Å². The zero-order valence-electron chi connectivity index (χ0n) is 11.1. The first-order valence-corrected chi connectivity index (χ1v) is 7.23. The minimum atomic E-state index is -0.916. The van der Waals surface area contributed by atoms with Crippen molar-refractivity contribution in [1.29, 1.82) is 0 Å². The fourth-order valence-electron chi connectivity index (χ4n) is 2.33. The third-order valence-electron chi connectivity index (χ3n) is 3.54. The minimum Gasteiger partial charge on any atom is -0.481 e. The number of rotatable bonds is 3. The molecule has 106 valence electrons. The van der Waals surface area contributed by atoms with E-state index in [4.69, 9.17) is 0 Å². The predicted molar refractivity (Wildman–Crippen MR) is 80.5 cm³/mol. The first-order chi connectivity index (χ1) is 9.49. The molecule has 2 atom stereocenters. The molecule has 0 radical (unpaired) electrons. The molecule has 0 bridgehead atoms. The van der Waals surface area contributed by atoms with Crippen LogP contribution in [0.25, 0.3) is 0 Å². The van der Waals surface area contributed by atoms with Crippen molar-refractivity contribution >= 4 is 33.5 Å². The van der Waals surface area contributed by atoms with Gasteiger partial charge in [0.1, 0.15) is 0 Å². The summed E-state index contributed by atoms with van der Waals surface area (Å²) < 4.78 is 0.872. The molecule has 1 amide bonds. The second-order valence-corrected chi connectivity index (χ2v) is 5.86. The van der Waals surface area contributed by atoms with Gasteiger partial charge in [0.15, 0.2) is 0 Å².